The first kappa shape index (κ1) is 19.9. The Balaban J connectivity index is 1.95. The number of carbonyl (C=O) groups excluding carboxylic acids is 1. The number of hydrogen-bond donors (Lipinski definition) is 1. The van der Waals surface area contributed by atoms with Crippen LogP contribution < -0.4 is 5.32 Å². The monoisotopic (exact) mass is 420 g/mol. The fraction of sp³-hybridized carbons (Fsp3) is 0.188. The molecule has 0 fully saturated rings. The number of alkyl halides is 6. The van der Waals surface area contributed by atoms with E-state index in [2.05, 4.69) is 15.5 Å². The first-order chi connectivity index (χ1) is 13.0. The standard InChI is InChI=1S/C16H10F6N4OS/c1-8-6-7-28-11(8)12(27)23-9-2-4-10(5-3-9)26-13(15(17,18)19)24-25-14(26)16(20,21)22/h2-7H,1H3,(H,23,27). The van der Waals surface area contributed by atoms with Gasteiger partial charge in [0, 0.05) is 11.4 Å². The summed E-state index contributed by atoms with van der Waals surface area (Å²) in [6.45, 7) is 1.73. The molecule has 2 aromatic heterocycles. The summed E-state index contributed by atoms with van der Waals surface area (Å²) in [5.74, 6) is -4.03. The zero-order valence-corrected chi connectivity index (χ0v) is 14.7. The summed E-state index contributed by atoms with van der Waals surface area (Å²) in [6, 6.07) is 6.13. The number of aryl methyl sites for hydroxylation is 1. The van der Waals surface area contributed by atoms with Gasteiger partial charge in [0.15, 0.2) is 0 Å². The molecule has 0 saturated carbocycles. The van der Waals surface area contributed by atoms with Crippen molar-refractivity contribution in [1.82, 2.24) is 14.8 Å². The summed E-state index contributed by atoms with van der Waals surface area (Å²) >= 11 is 1.20. The van der Waals surface area contributed by atoms with Gasteiger partial charge < -0.3 is 5.32 Å². The predicted molar refractivity (Wildman–Crippen MR) is 88.4 cm³/mol. The van der Waals surface area contributed by atoms with Gasteiger partial charge in [0.1, 0.15) is 0 Å². The van der Waals surface area contributed by atoms with Crippen LogP contribution in [-0.4, -0.2) is 20.7 Å². The van der Waals surface area contributed by atoms with Gasteiger partial charge in [0.2, 0.25) is 11.6 Å². The molecule has 1 amide bonds. The third kappa shape index (κ3) is 3.86. The Morgan fingerprint density at radius 2 is 1.50 bits per heavy atom. The van der Waals surface area contributed by atoms with Crippen molar-refractivity contribution in [2.75, 3.05) is 5.32 Å². The molecule has 0 atom stereocenters. The lowest BCUT2D eigenvalue weighted by Crippen LogP contribution is -2.19. The maximum atomic E-state index is 13.0. The van der Waals surface area contributed by atoms with Crippen LogP contribution in [0, 0.1) is 6.92 Å². The largest absolute Gasteiger partial charge is 0.452 e. The van der Waals surface area contributed by atoms with Crippen molar-refractivity contribution in [3.8, 4) is 5.69 Å². The Bertz CT molecular complexity index is 972. The lowest BCUT2D eigenvalue weighted by Gasteiger charge is -2.14. The smallest absolute Gasteiger partial charge is 0.321 e. The van der Waals surface area contributed by atoms with Gasteiger partial charge in [-0.05, 0) is 48.2 Å². The number of thiophene rings is 1. The van der Waals surface area contributed by atoms with Crippen molar-refractivity contribution in [3.63, 3.8) is 0 Å². The van der Waals surface area contributed by atoms with E-state index in [9.17, 15) is 31.1 Å². The van der Waals surface area contributed by atoms with Crippen molar-refractivity contribution in [2.24, 2.45) is 0 Å². The summed E-state index contributed by atoms with van der Waals surface area (Å²) in [5, 5.41) is 9.54. The third-order valence-electron chi connectivity index (χ3n) is 3.62. The highest BCUT2D eigenvalue weighted by atomic mass is 32.1. The number of halogens is 6. The molecular formula is C16H10F6N4OS. The van der Waals surface area contributed by atoms with Gasteiger partial charge in [-0.3, -0.25) is 9.36 Å². The Morgan fingerprint density at radius 1 is 0.964 bits per heavy atom. The minimum atomic E-state index is -5.14. The van der Waals surface area contributed by atoms with Crippen molar-refractivity contribution >= 4 is 22.9 Å². The molecule has 0 bridgehead atoms. The topological polar surface area (TPSA) is 59.8 Å². The van der Waals surface area contributed by atoms with Crippen LogP contribution >= 0.6 is 11.3 Å². The number of nitrogens with one attached hydrogen (secondary N) is 1. The molecule has 148 valence electrons. The van der Waals surface area contributed by atoms with Crippen LogP contribution in [0.3, 0.4) is 0 Å². The molecule has 0 aliphatic carbocycles. The van der Waals surface area contributed by atoms with Crippen LogP contribution in [-0.2, 0) is 12.4 Å². The number of benzene rings is 1. The van der Waals surface area contributed by atoms with E-state index in [1.54, 1.807) is 18.4 Å². The molecular weight excluding hydrogens is 410 g/mol. The first-order valence-electron chi connectivity index (χ1n) is 7.54. The fourth-order valence-corrected chi connectivity index (χ4v) is 3.20. The fourth-order valence-electron chi connectivity index (χ4n) is 2.38. The number of hydrogen-bond acceptors (Lipinski definition) is 4. The highest BCUT2D eigenvalue weighted by Gasteiger charge is 2.45. The Kier molecular flexibility index (Phi) is 4.91. The van der Waals surface area contributed by atoms with Gasteiger partial charge in [-0.2, -0.15) is 26.3 Å². The minimum Gasteiger partial charge on any atom is -0.321 e. The lowest BCUT2D eigenvalue weighted by atomic mass is 10.2. The van der Waals surface area contributed by atoms with Crippen molar-refractivity contribution < 1.29 is 31.1 Å². The molecule has 0 unspecified atom stereocenters. The summed E-state index contributed by atoms with van der Waals surface area (Å²) < 4.78 is 78.1. The SMILES string of the molecule is Cc1ccsc1C(=O)Nc1ccc(-n2c(C(F)(F)F)nnc2C(F)(F)F)cc1. The molecule has 0 radical (unpaired) electrons. The number of anilines is 1. The van der Waals surface area contributed by atoms with Crippen LogP contribution in [0.25, 0.3) is 5.69 Å². The summed E-state index contributed by atoms with van der Waals surface area (Å²) in [7, 11) is 0. The third-order valence-corrected chi connectivity index (χ3v) is 4.64. The lowest BCUT2D eigenvalue weighted by molar-refractivity contribution is -0.153. The van der Waals surface area contributed by atoms with Crippen LogP contribution in [0.1, 0.15) is 26.9 Å². The Morgan fingerprint density at radius 3 is 1.93 bits per heavy atom. The molecule has 1 aromatic carbocycles. The Hall–Kier alpha value is -2.89. The van der Waals surface area contributed by atoms with Gasteiger partial charge in [-0.1, -0.05) is 0 Å². The second-order valence-corrected chi connectivity index (χ2v) is 6.53. The molecule has 28 heavy (non-hydrogen) atoms. The highest BCUT2D eigenvalue weighted by molar-refractivity contribution is 7.12. The predicted octanol–water partition coefficient (Wildman–Crippen LogP) is 4.93. The Labute approximate surface area is 157 Å². The van der Waals surface area contributed by atoms with Crippen molar-refractivity contribution in [3.05, 3.63) is 57.8 Å². The van der Waals surface area contributed by atoms with E-state index >= 15 is 0 Å². The average molecular weight is 420 g/mol. The molecule has 0 saturated heterocycles. The van der Waals surface area contributed by atoms with Gasteiger partial charge in [0.25, 0.3) is 5.91 Å². The summed E-state index contributed by atoms with van der Waals surface area (Å²) in [4.78, 5) is 12.6. The van der Waals surface area contributed by atoms with E-state index in [0.29, 0.717) is 4.88 Å². The normalized spacial score (nSPS) is 12.2. The zero-order valence-electron chi connectivity index (χ0n) is 13.9. The molecule has 2 heterocycles. The molecule has 0 spiro atoms. The maximum absolute atomic E-state index is 13.0. The van der Waals surface area contributed by atoms with Crippen LogP contribution in [0.5, 0.6) is 0 Å². The van der Waals surface area contributed by atoms with Crippen molar-refractivity contribution in [1.29, 1.82) is 0 Å². The number of aromatic nitrogens is 3. The molecule has 0 aliphatic heterocycles. The molecule has 12 heteroatoms. The highest BCUT2D eigenvalue weighted by Crippen LogP contribution is 2.36. The van der Waals surface area contributed by atoms with Crippen molar-refractivity contribution in [2.45, 2.75) is 19.3 Å². The molecule has 0 aliphatic rings. The number of amides is 1. The summed E-state index contributed by atoms with van der Waals surface area (Å²) in [5.41, 5.74) is 0.500. The number of nitrogens with zero attached hydrogens (tertiary/aromatic N) is 3. The second kappa shape index (κ2) is 6.93. The zero-order chi connectivity index (χ0) is 20.7. The number of rotatable bonds is 3. The van der Waals surface area contributed by atoms with Crippen LogP contribution in [0.4, 0.5) is 32.0 Å². The molecule has 1 N–H and O–H groups in total. The van der Waals surface area contributed by atoms with E-state index in [1.807, 2.05) is 0 Å². The van der Waals surface area contributed by atoms with Gasteiger partial charge in [-0.15, -0.1) is 21.5 Å². The van der Waals surface area contributed by atoms with Gasteiger partial charge in [0.05, 0.1) is 4.88 Å². The second-order valence-electron chi connectivity index (χ2n) is 5.61. The van der Waals surface area contributed by atoms with E-state index < -0.39 is 35.6 Å². The number of carbonyl (C=O) groups is 1. The summed E-state index contributed by atoms with van der Waals surface area (Å²) in [6.07, 6.45) is -10.3. The quantitative estimate of drug-likeness (QED) is 0.612. The first-order valence-corrected chi connectivity index (χ1v) is 8.42. The van der Waals surface area contributed by atoms with E-state index in [4.69, 9.17) is 0 Å². The molecule has 5 nitrogen and oxygen atoms in total. The van der Waals surface area contributed by atoms with Crippen LogP contribution in [0.2, 0.25) is 0 Å². The molecule has 3 rings (SSSR count). The molecule has 3 aromatic rings. The minimum absolute atomic E-state index is 0.116. The van der Waals surface area contributed by atoms with Gasteiger partial charge in [-0.25, -0.2) is 0 Å². The van der Waals surface area contributed by atoms with Gasteiger partial charge >= 0.3 is 12.4 Å². The van der Waals surface area contributed by atoms with E-state index in [-0.39, 0.29) is 10.3 Å². The van der Waals surface area contributed by atoms with E-state index in [0.717, 1.165) is 17.7 Å². The average Bonchev–Trinajstić information content (AvgIpc) is 3.21. The maximum Gasteiger partial charge on any atom is 0.452 e. The van der Waals surface area contributed by atoms with E-state index in [1.165, 1.54) is 23.5 Å². The van der Waals surface area contributed by atoms with Crippen LogP contribution in [0.15, 0.2) is 35.7 Å².